The molecular formula is C14H12ClN3O3. The molecule has 0 unspecified atom stereocenters. The zero-order valence-corrected chi connectivity index (χ0v) is 11.7. The van der Waals surface area contributed by atoms with Crippen molar-refractivity contribution in [1.82, 2.24) is 15.0 Å². The van der Waals surface area contributed by atoms with E-state index in [0.29, 0.717) is 16.4 Å². The van der Waals surface area contributed by atoms with Gasteiger partial charge in [-0.3, -0.25) is 9.69 Å². The van der Waals surface area contributed by atoms with Gasteiger partial charge in [0.15, 0.2) is 5.82 Å². The van der Waals surface area contributed by atoms with Crippen LogP contribution in [0.4, 0.5) is 0 Å². The minimum Gasteiger partial charge on any atom is -0.480 e. The van der Waals surface area contributed by atoms with E-state index in [9.17, 15) is 4.79 Å². The largest absolute Gasteiger partial charge is 0.480 e. The van der Waals surface area contributed by atoms with E-state index in [4.69, 9.17) is 27.7 Å². The maximum absolute atomic E-state index is 10.8. The lowest BCUT2D eigenvalue weighted by Crippen LogP contribution is -2.30. The fourth-order valence-electron chi connectivity index (χ4n) is 1.75. The van der Waals surface area contributed by atoms with Gasteiger partial charge in [-0.2, -0.15) is 4.98 Å². The molecule has 0 aliphatic heterocycles. The molecule has 0 saturated heterocycles. The molecular weight excluding hydrogens is 294 g/mol. The molecule has 1 N–H and O–H groups in total. The third-order valence-corrected chi connectivity index (χ3v) is 2.94. The quantitative estimate of drug-likeness (QED) is 0.821. The Labute approximate surface area is 126 Å². The summed E-state index contributed by atoms with van der Waals surface area (Å²) in [7, 11) is 0. The second-order valence-corrected chi connectivity index (χ2v) is 4.65. The second-order valence-electron chi connectivity index (χ2n) is 4.24. The van der Waals surface area contributed by atoms with Crippen LogP contribution in [-0.4, -0.2) is 39.2 Å². The Kier molecular flexibility index (Phi) is 4.93. The number of carboxylic acid groups (broad SMARTS) is 1. The van der Waals surface area contributed by atoms with Crippen molar-refractivity contribution < 1.29 is 14.4 Å². The first kappa shape index (κ1) is 15.0. The number of aliphatic carboxylic acids is 1. The molecule has 2 aromatic rings. The fourth-order valence-corrected chi connectivity index (χ4v) is 1.97. The zero-order valence-electron chi connectivity index (χ0n) is 11.0. The molecule has 0 aliphatic rings. The highest BCUT2D eigenvalue weighted by Gasteiger charge is 2.15. The van der Waals surface area contributed by atoms with Crippen LogP contribution in [0.25, 0.3) is 11.5 Å². The third kappa shape index (κ3) is 4.05. The Bertz CT molecular complexity index is 678. The Morgan fingerprint density at radius 1 is 1.48 bits per heavy atom. The van der Waals surface area contributed by atoms with E-state index >= 15 is 0 Å². The maximum atomic E-state index is 10.8. The zero-order chi connectivity index (χ0) is 15.2. The summed E-state index contributed by atoms with van der Waals surface area (Å²) in [6, 6.07) is 7.08. The molecule has 1 aromatic heterocycles. The molecule has 0 bridgehead atoms. The highest BCUT2D eigenvalue weighted by atomic mass is 35.5. The SMILES string of the molecule is C#CCN(CC(=O)O)Cc1noc(-c2ccccc2Cl)n1. The van der Waals surface area contributed by atoms with Gasteiger partial charge in [0, 0.05) is 0 Å². The molecule has 0 amide bonds. The van der Waals surface area contributed by atoms with E-state index in [2.05, 4.69) is 16.1 Å². The molecule has 1 heterocycles. The van der Waals surface area contributed by atoms with E-state index in [1.807, 2.05) is 0 Å². The molecule has 0 fully saturated rings. The first-order valence-corrected chi connectivity index (χ1v) is 6.43. The van der Waals surface area contributed by atoms with Crippen LogP contribution in [0, 0.1) is 12.3 Å². The average molecular weight is 306 g/mol. The van der Waals surface area contributed by atoms with Crippen molar-refractivity contribution in [2.24, 2.45) is 0 Å². The fraction of sp³-hybridized carbons (Fsp3) is 0.214. The van der Waals surface area contributed by atoms with Gasteiger partial charge in [0.25, 0.3) is 5.89 Å². The number of hydrogen-bond donors (Lipinski definition) is 1. The summed E-state index contributed by atoms with van der Waals surface area (Å²) in [6.07, 6.45) is 5.21. The van der Waals surface area contributed by atoms with E-state index in [1.165, 1.54) is 4.90 Å². The van der Waals surface area contributed by atoms with Crippen molar-refractivity contribution >= 4 is 17.6 Å². The van der Waals surface area contributed by atoms with Gasteiger partial charge in [0.05, 0.1) is 30.2 Å². The summed E-state index contributed by atoms with van der Waals surface area (Å²) in [5.74, 6) is 2.06. The monoisotopic (exact) mass is 305 g/mol. The number of carboxylic acids is 1. The van der Waals surface area contributed by atoms with E-state index in [0.717, 1.165) is 0 Å². The van der Waals surface area contributed by atoms with Crippen LogP contribution >= 0.6 is 11.6 Å². The summed E-state index contributed by atoms with van der Waals surface area (Å²) >= 11 is 6.05. The molecule has 0 aliphatic carbocycles. The summed E-state index contributed by atoms with van der Waals surface area (Å²) in [4.78, 5) is 16.5. The lowest BCUT2D eigenvalue weighted by Gasteiger charge is -2.14. The number of halogens is 1. The lowest BCUT2D eigenvalue weighted by molar-refractivity contribution is -0.138. The molecule has 0 spiro atoms. The number of terminal acetylenes is 1. The normalized spacial score (nSPS) is 10.5. The summed E-state index contributed by atoms with van der Waals surface area (Å²) < 4.78 is 5.14. The Balaban J connectivity index is 2.14. The molecule has 0 radical (unpaired) electrons. The Hall–Kier alpha value is -2.36. The highest BCUT2D eigenvalue weighted by Crippen LogP contribution is 2.25. The number of hydrogen-bond acceptors (Lipinski definition) is 5. The molecule has 2 rings (SSSR count). The van der Waals surface area contributed by atoms with Crippen molar-refractivity contribution in [1.29, 1.82) is 0 Å². The minimum absolute atomic E-state index is 0.183. The van der Waals surface area contributed by atoms with Crippen LogP contribution in [0.5, 0.6) is 0 Å². The van der Waals surface area contributed by atoms with Crippen LogP contribution in [-0.2, 0) is 11.3 Å². The van der Waals surface area contributed by atoms with Gasteiger partial charge in [-0.05, 0) is 12.1 Å². The van der Waals surface area contributed by atoms with Crippen LogP contribution < -0.4 is 0 Å². The predicted octanol–water partition coefficient (Wildman–Crippen LogP) is 1.91. The summed E-state index contributed by atoms with van der Waals surface area (Å²) in [6.45, 7) is 0.173. The topological polar surface area (TPSA) is 79.5 Å². The standard InChI is InChI=1S/C14H12ClN3O3/c1-2-7-18(9-13(19)20)8-12-16-14(21-17-12)10-5-3-4-6-11(10)15/h1,3-6H,7-9H2,(H,19,20). The predicted molar refractivity (Wildman–Crippen MR) is 76.5 cm³/mol. The molecule has 6 nitrogen and oxygen atoms in total. The highest BCUT2D eigenvalue weighted by molar-refractivity contribution is 6.33. The van der Waals surface area contributed by atoms with Crippen LogP contribution in [0.15, 0.2) is 28.8 Å². The average Bonchev–Trinajstić information content (AvgIpc) is 2.87. The number of aromatic nitrogens is 2. The number of carbonyl (C=O) groups is 1. The number of rotatable bonds is 6. The first-order chi connectivity index (χ1) is 10.1. The molecule has 21 heavy (non-hydrogen) atoms. The maximum Gasteiger partial charge on any atom is 0.317 e. The second kappa shape index (κ2) is 6.88. The van der Waals surface area contributed by atoms with Crippen molar-refractivity contribution in [2.75, 3.05) is 13.1 Å². The molecule has 108 valence electrons. The van der Waals surface area contributed by atoms with Crippen LogP contribution in [0.2, 0.25) is 5.02 Å². The number of nitrogens with zero attached hydrogens (tertiary/aromatic N) is 3. The molecule has 1 aromatic carbocycles. The van der Waals surface area contributed by atoms with Gasteiger partial charge in [0.2, 0.25) is 0 Å². The van der Waals surface area contributed by atoms with Crippen molar-refractivity contribution in [3.8, 4) is 23.8 Å². The summed E-state index contributed by atoms with van der Waals surface area (Å²) in [5.41, 5.74) is 0.625. The van der Waals surface area contributed by atoms with Crippen molar-refractivity contribution in [3.05, 3.63) is 35.1 Å². The molecule has 7 heteroatoms. The van der Waals surface area contributed by atoms with Crippen molar-refractivity contribution in [2.45, 2.75) is 6.54 Å². The van der Waals surface area contributed by atoms with E-state index < -0.39 is 5.97 Å². The molecule has 0 atom stereocenters. The smallest absolute Gasteiger partial charge is 0.317 e. The Morgan fingerprint density at radius 3 is 2.90 bits per heavy atom. The number of benzene rings is 1. The molecule has 0 saturated carbocycles. The van der Waals surface area contributed by atoms with Gasteiger partial charge in [-0.15, -0.1) is 6.42 Å². The third-order valence-electron chi connectivity index (χ3n) is 2.61. The van der Waals surface area contributed by atoms with Crippen LogP contribution in [0.3, 0.4) is 0 Å². The van der Waals surface area contributed by atoms with Gasteiger partial charge in [0.1, 0.15) is 0 Å². The van der Waals surface area contributed by atoms with Gasteiger partial charge in [-0.1, -0.05) is 34.8 Å². The van der Waals surface area contributed by atoms with E-state index in [-0.39, 0.29) is 25.5 Å². The first-order valence-electron chi connectivity index (χ1n) is 6.05. The lowest BCUT2D eigenvalue weighted by atomic mass is 10.2. The summed E-state index contributed by atoms with van der Waals surface area (Å²) in [5, 5.41) is 13.1. The Morgan fingerprint density at radius 2 is 2.24 bits per heavy atom. The van der Waals surface area contributed by atoms with Crippen LogP contribution in [0.1, 0.15) is 5.82 Å². The van der Waals surface area contributed by atoms with Gasteiger partial charge >= 0.3 is 5.97 Å². The van der Waals surface area contributed by atoms with Crippen molar-refractivity contribution in [3.63, 3.8) is 0 Å². The minimum atomic E-state index is -0.972. The van der Waals surface area contributed by atoms with Gasteiger partial charge in [-0.25, -0.2) is 0 Å². The van der Waals surface area contributed by atoms with E-state index in [1.54, 1.807) is 24.3 Å². The van der Waals surface area contributed by atoms with Gasteiger partial charge < -0.3 is 9.63 Å².